The van der Waals surface area contributed by atoms with Crippen molar-refractivity contribution >= 4 is 29.5 Å². The standard InChI is InChI=1S/C33H45N3O4S/c1-4-14-24(2)35-21-13-18-33-27(30(39)36(28(33)31(35)40)20-10-5-6-11-22-37)26-29(38)34(19-12-17-32(26,3)41-33)23-25-15-8-7-9-16-25/h7-9,12-13,15-18,24,26-28,37H,4-6,10-11,14,19-23H2,1-3H3/t24?,26-,27+,28?,32+,33+/m1/s1. The topological polar surface area (TPSA) is 81.2 Å². The summed E-state index contributed by atoms with van der Waals surface area (Å²) in [5.74, 6) is -1.22. The number of amides is 3. The Morgan fingerprint density at radius 1 is 0.951 bits per heavy atom. The zero-order chi connectivity index (χ0) is 29.2. The van der Waals surface area contributed by atoms with Crippen molar-refractivity contribution in [2.75, 3.05) is 26.2 Å². The van der Waals surface area contributed by atoms with Crippen molar-refractivity contribution in [1.82, 2.24) is 14.7 Å². The molecular weight excluding hydrogens is 534 g/mol. The summed E-state index contributed by atoms with van der Waals surface area (Å²) in [6, 6.07) is 9.43. The fraction of sp³-hybridized carbons (Fsp3) is 0.606. The Morgan fingerprint density at radius 3 is 2.41 bits per heavy atom. The van der Waals surface area contributed by atoms with Crippen LogP contribution in [0.5, 0.6) is 0 Å². The van der Waals surface area contributed by atoms with Crippen LogP contribution >= 0.6 is 11.8 Å². The molecule has 5 rings (SSSR count). The van der Waals surface area contributed by atoms with Gasteiger partial charge in [0.2, 0.25) is 17.7 Å². The zero-order valence-corrected chi connectivity index (χ0v) is 25.5. The van der Waals surface area contributed by atoms with Crippen LogP contribution in [0.2, 0.25) is 0 Å². The summed E-state index contributed by atoms with van der Waals surface area (Å²) in [5.41, 5.74) is 1.06. The average Bonchev–Trinajstić information content (AvgIpc) is 3.22. The maximum Gasteiger partial charge on any atom is 0.247 e. The Labute approximate surface area is 249 Å². The van der Waals surface area contributed by atoms with Gasteiger partial charge in [-0.25, -0.2) is 0 Å². The van der Waals surface area contributed by atoms with Gasteiger partial charge in [-0.2, -0.15) is 0 Å². The van der Waals surface area contributed by atoms with Crippen LogP contribution in [0.1, 0.15) is 64.9 Å². The van der Waals surface area contributed by atoms with Gasteiger partial charge < -0.3 is 19.8 Å². The van der Waals surface area contributed by atoms with Gasteiger partial charge in [0.15, 0.2) is 0 Å². The molecule has 4 aliphatic rings. The predicted molar refractivity (Wildman–Crippen MR) is 163 cm³/mol. The fourth-order valence-electron chi connectivity index (χ4n) is 7.49. The number of aliphatic hydroxyl groups excluding tert-OH is 1. The van der Waals surface area contributed by atoms with Gasteiger partial charge in [0.25, 0.3) is 0 Å². The molecule has 8 heteroatoms. The van der Waals surface area contributed by atoms with Gasteiger partial charge in [0.1, 0.15) is 6.04 Å². The van der Waals surface area contributed by atoms with Crippen LogP contribution in [-0.2, 0) is 20.9 Å². The van der Waals surface area contributed by atoms with E-state index in [2.05, 4.69) is 45.1 Å². The van der Waals surface area contributed by atoms with Crippen LogP contribution in [0.25, 0.3) is 0 Å². The largest absolute Gasteiger partial charge is 0.396 e. The van der Waals surface area contributed by atoms with Crippen LogP contribution in [-0.4, -0.2) is 85.3 Å². The fourth-order valence-corrected chi connectivity index (χ4v) is 9.65. The van der Waals surface area contributed by atoms with Crippen LogP contribution in [0.15, 0.2) is 54.6 Å². The van der Waals surface area contributed by atoms with Crippen LogP contribution in [0.4, 0.5) is 0 Å². The molecule has 2 unspecified atom stereocenters. The number of aliphatic hydroxyl groups is 1. The Kier molecular flexibility index (Phi) is 9.00. The van der Waals surface area contributed by atoms with E-state index in [1.807, 2.05) is 45.0 Å². The highest BCUT2D eigenvalue weighted by Gasteiger charge is 2.73. The molecule has 2 fully saturated rings. The van der Waals surface area contributed by atoms with E-state index in [0.29, 0.717) is 26.2 Å². The number of hydrogen-bond donors (Lipinski definition) is 1. The quantitative estimate of drug-likeness (QED) is 0.310. The first-order valence-electron chi connectivity index (χ1n) is 15.4. The predicted octanol–water partition coefficient (Wildman–Crippen LogP) is 4.41. The van der Waals surface area contributed by atoms with Gasteiger partial charge in [-0.05, 0) is 38.7 Å². The van der Waals surface area contributed by atoms with Crippen molar-refractivity contribution < 1.29 is 19.5 Å². The second-order valence-corrected chi connectivity index (χ2v) is 14.1. The molecule has 0 saturated carbocycles. The first-order valence-corrected chi connectivity index (χ1v) is 16.2. The van der Waals surface area contributed by atoms with Crippen molar-refractivity contribution in [1.29, 1.82) is 0 Å². The maximum absolute atomic E-state index is 14.5. The average molecular weight is 580 g/mol. The molecule has 1 aromatic carbocycles. The van der Waals surface area contributed by atoms with E-state index in [1.165, 1.54) is 0 Å². The van der Waals surface area contributed by atoms with Crippen molar-refractivity contribution in [2.45, 2.75) is 87.4 Å². The third-order valence-electron chi connectivity index (χ3n) is 9.43. The minimum atomic E-state index is -0.797. The second-order valence-electron chi connectivity index (χ2n) is 12.3. The summed E-state index contributed by atoms with van der Waals surface area (Å²) in [7, 11) is 0. The van der Waals surface area contributed by atoms with Crippen molar-refractivity contribution in [2.24, 2.45) is 11.8 Å². The van der Waals surface area contributed by atoms with Gasteiger partial charge in [-0.1, -0.05) is 80.8 Å². The Bertz CT molecular complexity index is 1190. The van der Waals surface area contributed by atoms with E-state index in [4.69, 9.17) is 0 Å². The molecule has 7 nitrogen and oxygen atoms in total. The number of nitrogens with zero attached hydrogens (tertiary/aromatic N) is 3. The number of benzene rings is 1. The number of thioether (sulfide) groups is 1. The van der Waals surface area contributed by atoms with Gasteiger partial charge in [0.05, 0.1) is 16.6 Å². The molecule has 4 heterocycles. The Morgan fingerprint density at radius 2 is 1.68 bits per heavy atom. The monoisotopic (exact) mass is 579 g/mol. The second kappa shape index (κ2) is 12.3. The van der Waals surface area contributed by atoms with E-state index in [0.717, 1.165) is 44.1 Å². The molecule has 1 N–H and O–H groups in total. The highest BCUT2D eigenvalue weighted by Crippen LogP contribution is 2.65. The number of unbranched alkanes of at least 4 members (excludes halogenated alkanes) is 3. The van der Waals surface area contributed by atoms with Gasteiger partial charge >= 0.3 is 0 Å². The summed E-state index contributed by atoms with van der Waals surface area (Å²) in [6.07, 6.45) is 13.6. The lowest BCUT2D eigenvalue weighted by Crippen LogP contribution is -2.55. The number of carbonyl (C=O) groups excluding carboxylic acids is 3. The van der Waals surface area contributed by atoms with Crippen LogP contribution in [0.3, 0.4) is 0 Å². The van der Waals surface area contributed by atoms with Crippen molar-refractivity contribution in [3.8, 4) is 0 Å². The first kappa shape index (κ1) is 29.9. The smallest absolute Gasteiger partial charge is 0.247 e. The van der Waals surface area contributed by atoms with Crippen LogP contribution in [0, 0.1) is 11.8 Å². The number of carbonyl (C=O) groups is 3. The molecule has 0 bridgehead atoms. The molecule has 4 aliphatic heterocycles. The molecule has 3 amide bonds. The van der Waals surface area contributed by atoms with Gasteiger partial charge in [-0.3, -0.25) is 14.4 Å². The first-order chi connectivity index (χ1) is 19.8. The lowest BCUT2D eigenvalue weighted by Gasteiger charge is -2.38. The summed E-state index contributed by atoms with van der Waals surface area (Å²) in [6.45, 7) is 8.48. The van der Waals surface area contributed by atoms with E-state index in [-0.39, 0.29) is 30.4 Å². The zero-order valence-electron chi connectivity index (χ0n) is 24.7. The highest BCUT2D eigenvalue weighted by atomic mass is 32.2. The van der Waals surface area contributed by atoms with E-state index in [1.54, 1.807) is 11.8 Å². The lowest BCUT2D eigenvalue weighted by atomic mass is 9.74. The molecule has 0 radical (unpaired) electrons. The molecule has 6 atom stereocenters. The third-order valence-corrected chi connectivity index (χ3v) is 11.2. The highest BCUT2D eigenvalue weighted by molar-refractivity contribution is 8.02. The number of likely N-dealkylation sites (tertiary alicyclic amines) is 1. The molecule has 41 heavy (non-hydrogen) atoms. The Hall–Kier alpha value is -2.58. The van der Waals surface area contributed by atoms with Crippen molar-refractivity contribution in [3.63, 3.8) is 0 Å². The van der Waals surface area contributed by atoms with Crippen LogP contribution < -0.4 is 0 Å². The maximum atomic E-state index is 14.5. The lowest BCUT2D eigenvalue weighted by molar-refractivity contribution is -0.145. The molecule has 0 aliphatic carbocycles. The molecule has 0 aromatic heterocycles. The van der Waals surface area contributed by atoms with E-state index < -0.39 is 27.4 Å². The van der Waals surface area contributed by atoms with E-state index in [9.17, 15) is 19.5 Å². The van der Waals surface area contributed by atoms with Gasteiger partial charge in [0, 0.05) is 43.6 Å². The molecule has 222 valence electrons. The summed E-state index contributed by atoms with van der Waals surface area (Å²) >= 11 is 1.66. The Balaban J connectivity index is 1.52. The number of hydrogen-bond acceptors (Lipinski definition) is 5. The molecule has 1 aromatic rings. The molecule has 2 saturated heterocycles. The van der Waals surface area contributed by atoms with E-state index >= 15 is 0 Å². The third kappa shape index (κ3) is 5.38. The van der Waals surface area contributed by atoms with Crippen molar-refractivity contribution in [3.05, 3.63) is 60.2 Å². The molecular formula is C33H45N3O4S. The number of rotatable bonds is 11. The SMILES string of the molecule is CCCC(C)N1CC=C[C@]23S[C@@]4(C)C=CCN(Cc5ccccc5)C(=O)[C@H]4[C@H]2C(=O)N(CCCCCCO)C3C1=O. The summed E-state index contributed by atoms with van der Waals surface area (Å²) in [5, 5.41) is 9.20. The minimum absolute atomic E-state index is 0.00562. The molecule has 1 spiro atoms. The summed E-state index contributed by atoms with van der Waals surface area (Å²) < 4.78 is -1.39. The number of fused-ring (bicyclic) bond motifs is 2. The minimum Gasteiger partial charge on any atom is -0.396 e. The normalized spacial score (nSPS) is 31.7. The van der Waals surface area contributed by atoms with Gasteiger partial charge in [-0.15, -0.1) is 11.8 Å². The summed E-state index contributed by atoms with van der Waals surface area (Å²) in [4.78, 5) is 49.1.